The second kappa shape index (κ2) is 4.17. The van der Waals surface area contributed by atoms with Crippen molar-refractivity contribution in [1.82, 2.24) is 19.6 Å². The number of aromatic amines is 1. The molecule has 0 aromatic carbocycles. The van der Waals surface area contributed by atoms with E-state index in [2.05, 4.69) is 15.2 Å². The van der Waals surface area contributed by atoms with Gasteiger partial charge in [0.15, 0.2) is 5.65 Å². The quantitative estimate of drug-likeness (QED) is 0.750. The number of nitrogens with one attached hydrogen (secondary N) is 1. The normalized spacial score (nSPS) is 12.9. The molecule has 7 heteroatoms. The lowest BCUT2D eigenvalue weighted by Crippen LogP contribution is -2.36. The van der Waals surface area contributed by atoms with E-state index in [-0.39, 0.29) is 11.7 Å². The first-order valence-electron chi connectivity index (χ1n) is 5.42. The molecule has 2 aromatic rings. The smallest absolute Gasteiger partial charge is 0.349 e. The van der Waals surface area contributed by atoms with Gasteiger partial charge < -0.3 is 10.6 Å². The molecule has 2 heterocycles. The summed E-state index contributed by atoms with van der Waals surface area (Å²) in [5.74, 6) is 1.36. The number of anilines is 1. The summed E-state index contributed by atoms with van der Waals surface area (Å²) < 4.78 is 1.43. The minimum Gasteiger partial charge on any atom is -0.356 e. The fourth-order valence-corrected chi connectivity index (χ4v) is 1.65. The Morgan fingerprint density at radius 2 is 2.35 bits per heavy atom. The second-order valence-corrected chi connectivity index (χ2v) is 4.08. The van der Waals surface area contributed by atoms with E-state index >= 15 is 0 Å². The minimum atomic E-state index is -0.272. The molecule has 2 aromatic heterocycles. The molecule has 0 spiro atoms. The third-order valence-electron chi connectivity index (χ3n) is 2.92. The van der Waals surface area contributed by atoms with Gasteiger partial charge in [0.25, 0.3) is 0 Å². The predicted octanol–water partition coefficient (Wildman–Crippen LogP) is -0.491. The predicted molar refractivity (Wildman–Crippen MR) is 65.3 cm³/mol. The summed E-state index contributed by atoms with van der Waals surface area (Å²) in [5.41, 5.74) is 5.91. The zero-order chi connectivity index (χ0) is 12.6. The number of hydrogen-bond donors (Lipinski definition) is 2. The molecule has 0 aliphatic rings. The molecule has 1 unspecified atom stereocenters. The van der Waals surface area contributed by atoms with Gasteiger partial charge in [0, 0.05) is 25.7 Å². The Balaban J connectivity index is 2.54. The summed E-state index contributed by atoms with van der Waals surface area (Å²) in [6, 6.07) is 1.94. The van der Waals surface area contributed by atoms with E-state index < -0.39 is 0 Å². The van der Waals surface area contributed by atoms with Crippen molar-refractivity contribution in [1.29, 1.82) is 0 Å². The number of H-pyrrole nitrogens is 1. The van der Waals surface area contributed by atoms with E-state index in [0.29, 0.717) is 18.0 Å². The van der Waals surface area contributed by atoms with Gasteiger partial charge in [-0.2, -0.15) is 5.10 Å². The van der Waals surface area contributed by atoms with Crippen molar-refractivity contribution in [2.24, 2.45) is 5.73 Å². The first kappa shape index (κ1) is 11.6. The summed E-state index contributed by atoms with van der Waals surface area (Å²) in [4.78, 5) is 17.8. The summed E-state index contributed by atoms with van der Waals surface area (Å²) in [7, 11) is 1.92. The number of likely N-dealkylation sites (N-methyl/N-ethyl adjacent to an activating group) is 1. The highest BCUT2D eigenvalue weighted by atomic mass is 16.1. The fourth-order valence-electron chi connectivity index (χ4n) is 1.65. The molecular weight excluding hydrogens is 220 g/mol. The molecule has 7 nitrogen and oxygen atoms in total. The van der Waals surface area contributed by atoms with Gasteiger partial charge in [-0.05, 0) is 13.8 Å². The van der Waals surface area contributed by atoms with Crippen LogP contribution in [0.5, 0.6) is 0 Å². The van der Waals surface area contributed by atoms with Gasteiger partial charge in [-0.1, -0.05) is 0 Å². The third-order valence-corrected chi connectivity index (χ3v) is 2.92. The van der Waals surface area contributed by atoms with Crippen LogP contribution in [0.2, 0.25) is 0 Å². The SMILES string of the molecule is Cc1nc(N(C)C(C)CN)cc2n[nH]c(=O)n12. The van der Waals surface area contributed by atoms with Crippen LogP contribution in [0.3, 0.4) is 0 Å². The van der Waals surface area contributed by atoms with E-state index in [9.17, 15) is 4.79 Å². The van der Waals surface area contributed by atoms with Crippen LogP contribution in [0.4, 0.5) is 5.82 Å². The van der Waals surface area contributed by atoms with Gasteiger partial charge >= 0.3 is 5.69 Å². The van der Waals surface area contributed by atoms with Crippen molar-refractivity contribution in [2.45, 2.75) is 19.9 Å². The van der Waals surface area contributed by atoms with E-state index in [1.165, 1.54) is 4.40 Å². The van der Waals surface area contributed by atoms with E-state index in [4.69, 9.17) is 5.73 Å². The molecular formula is C10H16N6O. The van der Waals surface area contributed by atoms with Crippen LogP contribution in [0.25, 0.3) is 5.65 Å². The Kier molecular flexibility index (Phi) is 2.84. The van der Waals surface area contributed by atoms with Gasteiger partial charge in [0.1, 0.15) is 11.6 Å². The molecule has 1 atom stereocenters. The zero-order valence-electron chi connectivity index (χ0n) is 10.1. The fraction of sp³-hybridized carbons (Fsp3) is 0.500. The standard InChI is InChI=1S/C10H16N6O/c1-6(5-11)15(3)8-4-9-13-14-10(17)16(9)7(2)12-8/h4,6H,5,11H2,1-3H3,(H,14,17). The molecule has 92 valence electrons. The lowest BCUT2D eigenvalue weighted by molar-refractivity contribution is 0.684. The minimum absolute atomic E-state index is 0.176. The zero-order valence-corrected chi connectivity index (χ0v) is 10.1. The number of aromatic nitrogens is 4. The van der Waals surface area contributed by atoms with Crippen LogP contribution in [-0.2, 0) is 0 Å². The maximum absolute atomic E-state index is 11.4. The molecule has 17 heavy (non-hydrogen) atoms. The Bertz CT molecular complexity index is 586. The number of nitrogens with two attached hydrogens (primary N) is 1. The van der Waals surface area contributed by atoms with Crippen LogP contribution in [-0.4, -0.2) is 39.2 Å². The van der Waals surface area contributed by atoms with E-state index in [1.807, 2.05) is 18.9 Å². The van der Waals surface area contributed by atoms with Crippen molar-refractivity contribution in [3.63, 3.8) is 0 Å². The van der Waals surface area contributed by atoms with Crippen LogP contribution in [0.1, 0.15) is 12.7 Å². The topological polar surface area (TPSA) is 92.3 Å². The van der Waals surface area contributed by atoms with Crippen LogP contribution in [0, 0.1) is 6.92 Å². The Labute approximate surface area is 98.3 Å². The molecule has 0 saturated heterocycles. The Hall–Kier alpha value is -1.89. The molecule has 0 bridgehead atoms. The molecule has 3 N–H and O–H groups in total. The second-order valence-electron chi connectivity index (χ2n) is 4.08. The average molecular weight is 236 g/mol. The van der Waals surface area contributed by atoms with Crippen molar-refractivity contribution in [3.8, 4) is 0 Å². The largest absolute Gasteiger partial charge is 0.356 e. The van der Waals surface area contributed by atoms with Crippen molar-refractivity contribution in [2.75, 3.05) is 18.5 Å². The number of fused-ring (bicyclic) bond motifs is 1. The van der Waals surface area contributed by atoms with Crippen molar-refractivity contribution in [3.05, 3.63) is 22.4 Å². The van der Waals surface area contributed by atoms with Gasteiger partial charge in [-0.3, -0.25) is 0 Å². The van der Waals surface area contributed by atoms with Crippen molar-refractivity contribution < 1.29 is 0 Å². The average Bonchev–Trinajstić information content (AvgIpc) is 2.69. The van der Waals surface area contributed by atoms with Crippen molar-refractivity contribution >= 4 is 11.5 Å². The first-order chi connectivity index (χ1) is 8.04. The summed E-state index contributed by atoms with van der Waals surface area (Å²) >= 11 is 0. The van der Waals surface area contributed by atoms with E-state index in [0.717, 1.165) is 5.82 Å². The summed E-state index contributed by atoms with van der Waals surface area (Å²) in [6.45, 7) is 4.32. The highest BCUT2D eigenvalue weighted by Crippen LogP contribution is 2.14. The van der Waals surface area contributed by atoms with Gasteiger partial charge in [-0.25, -0.2) is 19.3 Å². The number of hydrogen-bond acceptors (Lipinski definition) is 5. The summed E-state index contributed by atoms with van der Waals surface area (Å²) in [6.07, 6.45) is 0. The maximum Gasteiger partial charge on any atom is 0.349 e. The molecule has 2 rings (SSSR count). The Morgan fingerprint density at radius 3 is 3.00 bits per heavy atom. The van der Waals surface area contributed by atoms with E-state index in [1.54, 1.807) is 13.0 Å². The third kappa shape index (κ3) is 1.89. The van der Waals surface area contributed by atoms with Crippen LogP contribution in [0.15, 0.2) is 10.9 Å². The highest BCUT2D eigenvalue weighted by Gasteiger charge is 2.13. The molecule has 0 aliphatic carbocycles. The summed E-state index contributed by atoms with van der Waals surface area (Å²) in [5, 5.41) is 6.34. The highest BCUT2D eigenvalue weighted by molar-refractivity contribution is 5.51. The molecule has 0 radical (unpaired) electrons. The molecule has 0 amide bonds. The molecule has 0 saturated carbocycles. The van der Waals surface area contributed by atoms with Gasteiger partial charge in [0.2, 0.25) is 0 Å². The number of nitrogens with zero attached hydrogens (tertiary/aromatic N) is 4. The molecule has 0 aliphatic heterocycles. The van der Waals surface area contributed by atoms with Gasteiger partial charge in [-0.15, -0.1) is 0 Å². The first-order valence-corrected chi connectivity index (χ1v) is 5.42. The Morgan fingerprint density at radius 1 is 1.65 bits per heavy atom. The number of aryl methyl sites for hydroxylation is 1. The van der Waals surface area contributed by atoms with Crippen LogP contribution >= 0.6 is 0 Å². The van der Waals surface area contributed by atoms with Crippen LogP contribution < -0.4 is 16.3 Å². The lowest BCUT2D eigenvalue weighted by Gasteiger charge is -2.24. The van der Waals surface area contributed by atoms with Gasteiger partial charge in [0.05, 0.1) is 0 Å². The maximum atomic E-state index is 11.4. The number of rotatable bonds is 3. The lowest BCUT2D eigenvalue weighted by atomic mass is 10.3. The monoisotopic (exact) mass is 236 g/mol. The molecule has 0 fully saturated rings.